The summed E-state index contributed by atoms with van der Waals surface area (Å²) in [6, 6.07) is 0. The number of fused-ring (bicyclic) bond motifs is 19. The number of hydrogen-bond donors (Lipinski definition) is 0. The Balaban J connectivity index is -0.000000179. The van der Waals surface area contributed by atoms with Crippen LogP contribution in [0.5, 0.6) is 0 Å². The Morgan fingerprint density at radius 2 is 0.595 bits per heavy atom. The lowest BCUT2D eigenvalue weighted by Gasteiger charge is -2.51. The Kier molecular flexibility index (Phi) is 70.3. The summed E-state index contributed by atoms with van der Waals surface area (Å²) in [6.45, 7) is 32.6. The fourth-order valence-corrected chi connectivity index (χ4v) is 24.7. The smallest absolute Gasteiger partial charge is 0.398 e. The fraction of sp³-hybridized carbons (Fsp3) is 1.00. The van der Waals surface area contributed by atoms with Crippen LogP contribution in [0.2, 0.25) is 78.6 Å². The third kappa shape index (κ3) is 40.4. The van der Waals surface area contributed by atoms with Crippen molar-refractivity contribution < 1.29 is 163 Å². The highest BCUT2D eigenvalue weighted by molar-refractivity contribution is 6.66. The van der Waals surface area contributed by atoms with E-state index in [9.17, 15) is 110 Å². The van der Waals surface area contributed by atoms with Gasteiger partial charge in [-0.25, -0.2) is 17.6 Å². The molecule has 0 heterocycles. The van der Waals surface area contributed by atoms with E-state index in [4.69, 9.17) is 53.1 Å². The van der Waals surface area contributed by atoms with Gasteiger partial charge in [0.15, 0.2) is 21.9 Å². The summed E-state index contributed by atoms with van der Waals surface area (Å²) in [5.74, 6) is -1.96. The lowest BCUT2D eigenvalue weighted by Crippen LogP contribution is -2.59. The van der Waals surface area contributed by atoms with E-state index in [1.165, 1.54) is 32.6 Å². The van der Waals surface area contributed by atoms with E-state index in [1.54, 1.807) is 92.2 Å². The molecule has 23 unspecified atom stereocenters. The predicted octanol–water partition coefficient (Wildman–Crippen LogP) is 38.8. The SMILES string of the molecule is C.C.C.C.C.C.C.C.C.C.C.C.CC(C)(C1CC2CCC1C2)C(C)(C(F)(F)F)C(F)(F)F.CC(C1CC2CCC1C2)C(C)(C(F)(F)F)C(F)(F)F.CC(CC1CC2CC1C1C3CCC(C3)C21)(C(F)(F)F)C(F)(F)F.CC1(C(F)(F)F)CC2CCC1C2.CC1(F)C2CCC(C2)C1(F)F.CC1(F)CC2CCC1C2.CO[Si](C)(C)OC.CO[Si](C)(C)OC.CO[Si](C)(C)OC.CO[Si](C)(C)OC.CO[Si](C)(C)OC.CO[Si](C)(C)OC. The minimum Gasteiger partial charge on any atom is -0.398 e. The van der Waals surface area contributed by atoms with Crippen molar-refractivity contribution >= 4 is 51.4 Å². The van der Waals surface area contributed by atoms with Crippen LogP contribution in [0.25, 0.3) is 0 Å². The Bertz CT molecular complexity index is 3330. The van der Waals surface area contributed by atoms with Crippen molar-refractivity contribution in [2.24, 2.45) is 145 Å². The second-order valence-corrected chi connectivity index (χ2v) is 66.9. The summed E-state index contributed by atoms with van der Waals surface area (Å²) >= 11 is 0. The largest absolute Gasteiger partial charge is 0.403 e. The molecule has 0 amide bonds. The average molecular weight is 2320 g/mol. The van der Waals surface area contributed by atoms with Gasteiger partial charge in [-0.3, -0.25) is 0 Å². The summed E-state index contributed by atoms with van der Waals surface area (Å²) < 4.78 is 388. The molecule has 908 valence electrons. The first-order valence-electron chi connectivity index (χ1n) is 48.0. The van der Waals surface area contributed by atoms with E-state index < -0.39 is 175 Å². The van der Waals surface area contributed by atoms with Gasteiger partial charge in [-0.15, -0.1) is 0 Å². The van der Waals surface area contributed by atoms with Crippen molar-refractivity contribution in [1.29, 1.82) is 0 Å². The number of hydrogen-bond acceptors (Lipinski definition) is 12. The number of alkyl halides is 25. The monoisotopic (exact) mass is 2310 g/mol. The summed E-state index contributed by atoms with van der Waals surface area (Å²) in [7, 11) is 10.2. The van der Waals surface area contributed by atoms with Crippen LogP contribution in [-0.4, -0.2) is 197 Å². The maximum absolute atomic E-state index is 13.3. The van der Waals surface area contributed by atoms with Crippen molar-refractivity contribution in [1.82, 2.24) is 0 Å². The molecule has 14 aliphatic carbocycles. The van der Waals surface area contributed by atoms with Crippen LogP contribution in [-0.2, 0) is 53.1 Å². The Morgan fingerprint density at radius 3 is 0.804 bits per heavy atom. The van der Waals surface area contributed by atoms with Crippen LogP contribution in [0.1, 0.15) is 312 Å². The lowest BCUT2D eigenvalue weighted by molar-refractivity contribution is -0.375. The quantitative estimate of drug-likeness (QED) is 0.0740. The maximum atomic E-state index is 13.3. The molecule has 0 aliphatic heterocycles. The summed E-state index contributed by atoms with van der Waals surface area (Å²) in [4.78, 5) is 0. The third-order valence-corrected chi connectivity index (χ3v) is 47.3. The molecule has 23 atom stereocenters. The Hall–Kier alpha value is -0.929. The van der Waals surface area contributed by atoms with Crippen LogP contribution in [0.4, 0.5) is 110 Å². The van der Waals surface area contributed by atoms with Crippen LogP contribution in [0, 0.1) is 145 Å². The van der Waals surface area contributed by atoms with Crippen molar-refractivity contribution in [3.05, 3.63) is 0 Å². The molecule has 148 heavy (non-hydrogen) atoms. The fourth-order valence-electron chi connectivity index (χ4n) is 23.7. The van der Waals surface area contributed by atoms with E-state index in [2.05, 4.69) is 0 Å². The van der Waals surface area contributed by atoms with Gasteiger partial charge in [-0.05, 0) is 372 Å². The Labute approximate surface area is 891 Å². The molecule has 0 radical (unpaired) electrons. The number of halogens is 25. The standard InChI is InChI=1S/C17H22F6.C14H20F6.C13H18F6.C9H13F3.C8H11F3.C8H13F.6C4H12O2Si.12CH4/c1-15(16(18,19)20,17(21,22)23)7-11-5-10-6-12(11)14-9-3-2-8(4-9)13(10)14;1-11(2,10-7-8-4-5-9(10)6-8)12(3,13(15,16)17)14(18,19)20;1-7(10-6-8-3-4-9(10)5-8)11(2,12(14,15)16)13(17,18)19;1-8(9(10,11)12)5-6-2-3-7(8)4-6;1-7(9)5-2-3-6(4-5)8(7,10)11;1-8(9)5-6-2-3-7(8)4-6;6*1-5-7(3,4)6-2;;;;;;;;;;;;/h8-14H,2-7H2,1H3;8-10H,4-7H2,1-3H3;7-10H,3-6H2,1-2H3;6-7H,2-5H2,1H3;5-6H,2-4H2,1H3;6-7H,2-5H2,1H3;6*1-4H3;12*1H4. The van der Waals surface area contributed by atoms with E-state index in [1.807, 2.05) is 78.6 Å². The van der Waals surface area contributed by atoms with Gasteiger partial charge in [0.2, 0.25) is 0 Å². The van der Waals surface area contributed by atoms with Crippen molar-refractivity contribution in [3.8, 4) is 0 Å². The molecule has 0 aromatic rings. The molecule has 14 aliphatic rings. The highest BCUT2D eigenvalue weighted by Crippen LogP contribution is 2.73. The zero-order valence-corrected chi connectivity index (χ0v) is 93.1. The van der Waals surface area contributed by atoms with Crippen LogP contribution < -0.4 is 0 Å². The molecule has 14 saturated carbocycles. The highest BCUT2D eigenvalue weighted by atomic mass is 28.4. The molecular formula is C105H217F25O12Si6. The molecule has 0 N–H and O–H groups in total. The van der Waals surface area contributed by atoms with Crippen LogP contribution in [0.15, 0.2) is 0 Å². The van der Waals surface area contributed by atoms with Gasteiger partial charge in [0, 0.05) is 91.2 Å². The molecule has 0 spiro atoms. The molecule has 14 fully saturated rings. The number of rotatable bonds is 18. The van der Waals surface area contributed by atoms with E-state index in [0.717, 1.165) is 117 Å². The molecule has 14 rings (SSSR count). The molecular weight excluding hydrogens is 2100 g/mol. The second kappa shape index (κ2) is 62.3. The predicted molar refractivity (Wildman–Crippen MR) is 573 cm³/mol. The molecule has 0 aromatic carbocycles. The van der Waals surface area contributed by atoms with Crippen molar-refractivity contribution in [3.63, 3.8) is 0 Å². The summed E-state index contributed by atoms with van der Waals surface area (Å²) in [5, 5.41) is 0. The normalized spacial score (nSPS) is 30.4. The average Bonchev–Trinajstić information content (AvgIpc) is 1.43. The molecule has 0 aromatic heterocycles. The van der Waals surface area contributed by atoms with Gasteiger partial charge < -0.3 is 53.1 Å². The van der Waals surface area contributed by atoms with Crippen LogP contribution >= 0.6 is 0 Å². The zero-order chi connectivity index (χ0) is 106. The van der Waals surface area contributed by atoms with E-state index >= 15 is 0 Å². The minimum atomic E-state index is -5.30. The molecule has 12 nitrogen and oxygen atoms in total. The topological polar surface area (TPSA) is 111 Å². The molecule has 14 bridgehead atoms. The van der Waals surface area contributed by atoms with Crippen molar-refractivity contribution in [2.75, 3.05) is 85.3 Å². The Morgan fingerprint density at radius 1 is 0.291 bits per heavy atom. The van der Waals surface area contributed by atoms with Gasteiger partial charge in [0.05, 0.1) is 5.41 Å². The first-order valence-corrected chi connectivity index (χ1v) is 64.9. The van der Waals surface area contributed by atoms with Gasteiger partial charge in [0.1, 0.15) is 5.67 Å². The third-order valence-electron chi connectivity index (χ3n) is 35.5. The minimum absolute atomic E-state index is 0. The molecule has 0 saturated heterocycles. The summed E-state index contributed by atoms with van der Waals surface area (Å²) in [5.41, 5.74) is -17.0. The van der Waals surface area contributed by atoms with Gasteiger partial charge in [0.25, 0.3) is 5.92 Å². The van der Waals surface area contributed by atoms with Gasteiger partial charge in [-0.2, -0.15) is 92.2 Å². The highest BCUT2D eigenvalue weighted by Gasteiger charge is 2.77. The van der Waals surface area contributed by atoms with Crippen molar-refractivity contribution in [2.45, 2.75) is 451 Å². The van der Waals surface area contributed by atoms with E-state index in [0.29, 0.717) is 119 Å². The summed E-state index contributed by atoms with van der Waals surface area (Å²) in [6.07, 6.45) is -16.2. The second-order valence-electron chi connectivity index (χ2n) is 45.2. The van der Waals surface area contributed by atoms with E-state index in [-0.39, 0.29) is 119 Å². The maximum Gasteiger partial charge on any atom is 0.403 e. The first-order chi connectivity index (χ1) is 61.1. The van der Waals surface area contributed by atoms with Crippen LogP contribution in [0.3, 0.4) is 0 Å². The zero-order valence-electron chi connectivity index (χ0n) is 87.1. The van der Waals surface area contributed by atoms with Gasteiger partial charge in [-0.1, -0.05) is 136 Å². The first kappa shape index (κ1) is 167. The van der Waals surface area contributed by atoms with Gasteiger partial charge >= 0.3 is 94.6 Å². The molecule has 43 heteroatoms. The lowest BCUT2D eigenvalue weighted by atomic mass is 9.56.